The van der Waals surface area contributed by atoms with Crippen LogP contribution in [0, 0.1) is 0 Å². The highest BCUT2D eigenvalue weighted by molar-refractivity contribution is 8.04. The molecule has 2 aromatic carbocycles. The number of ether oxygens (including phenoxy) is 2. The SMILES string of the molecule is COCCOc1ccc(SC(c2ccccc2)P(=O)(O)O)cc1. The minimum atomic E-state index is -4.28. The van der Waals surface area contributed by atoms with Crippen LogP contribution >= 0.6 is 19.4 Å². The van der Waals surface area contributed by atoms with Gasteiger partial charge in [0.25, 0.3) is 0 Å². The largest absolute Gasteiger partial charge is 0.491 e. The van der Waals surface area contributed by atoms with E-state index in [1.807, 2.05) is 6.07 Å². The van der Waals surface area contributed by atoms with E-state index in [-0.39, 0.29) is 0 Å². The Labute approximate surface area is 139 Å². The number of methoxy groups -OCH3 is 1. The molecule has 2 N–H and O–H groups in total. The van der Waals surface area contributed by atoms with Gasteiger partial charge in [0, 0.05) is 12.0 Å². The number of thioether (sulfide) groups is 1. The van der Waals surface area contributed by atoms with Crippen molar-refractivity contribution in [2.75, 3.05) is 20.3 Å². The minimum absolute atomic E-state index is 0.456. The van der Waals surface area contributed by atoms with Crippen LogP contribution < -0.4 is 4.74 Å². The molecule has 2 aromatic rings. The third-order valence-electron chi connectivity index (χ3n) is 3.02. The highest BCUT2D eigenvalue weighted by Crippen LogP contribution is 2.59. The van der Waals surface area contributed by atoms with Gasteiger partial charge in [-0.2, -0.15) is 0 Å². The molecule has 0 amide bonds. The van der Waals surface area contributed by atoms with Crippen LogP contribution in [-0.2, 0) is 9.30 Å². The third-order valence-corrected chi connectivity index (χ3v) is 6.11. The summed E-state index contributed by atoms with van der Waals surface area (Å²) in [4.78, 5) is 19.1. The van der Waals surface area contributed by atoms with Crippen LogP contribution in [0.5, 0.6) is 5.75 Å². The van der Waals surface area contributed by atoms with Gasteiger partial charge in [0.15, 0.2) is 0 Å². The lowest BCUT2D eigenvalue weighted by molar-refractivity contribution is 0.146. The van der Waals surface area contributed by atoms with Crippen molar-refractivity contribution < 1.29 is 23.8 Å². The summed E-state index contributed by atoms with van der Waals surface area (Å²) in [5.41, 5.74) is 0.603. The molecule has 1 unspecified atom stereocenters. The molecule has 124 valence electrons. The van der Waals surface area contributed by atoms with Gasteiger partial charge in [-0.05, 0) is 29.8 Å². The summed E-state index contributed by atoms with van der Waals surface area (Å²) in [6.45, 7) is 0.961. The number of rotatable bonds is 8. The molecule has 2 rings (SSSR count). The molecular weight excluding hydrogens is 335 g/mol. The zero-order valence-corrected chi connectivity index (χ0v) is 14.4. The lowest BCUT2D eigenvalue weighted by Gasteiger charge is -2.18. The van der Waals surface area contributed by atoms with Gasteiger partial charge in [-0.15, -0.1) is 11.8 Å². The van der Waals surface area contributed by atoms with Gasteiger partial charge in [-0.3, -0.25) is 4.57 Å². The first-order chi connectivity index (χ1) is 11.0. The van der Waals surface area contributed by atoms with Crippen molar-refractivity contribution in [1.29, 1.82) is 0 Å². The smallest absolute Gasteiger partial charge is 0.343 e. The fraction of sp³-hybridized carbons (Fsp3) is 0.250. The molecule has 23 heavy (non-hydrogen) atoms. The lowest BCUT2D eigenvalue weighted by Crippen LogP contribution is -2.03. The molecule has 0 aromatic heterocycles. The molecule has 5 nitrogen and oxygen atoms in total. The monoisotopic (exact) mass is 354 g/mol. The van der Waals surface area contributed by atoms with E-state index in [1.165, 1.54) is 0 Å². The fourth-order valence-electron chi connectivity index (χ4n) is 1.93. The summed E-state index contributed by atoms with van der Waals surface area (Å²) in [7, 11) is -2.68. The van der Waals surface area contributed by atoms with Crippen molar-refractivity contribution in [2.24, 2.45) is 0 Å². The maximum absolute atomic E-state index is 11.8. The van der Waals surface area contributed by atoms with Gasteiger partial charge in [0.05, 0.1) is 6.61 Å². The van der Waals surface area contributed by atoms with E-state index < -0.39 is 12.6 Å². The Kier molecular flexibility index (Phi) is 6.69. The lowest BCUT2D eigenvalue weighted by atomic mass is 10.2. The van der Waals surface area contributed by atoms with Crippen LogP contribution in [0.1, 0.15) is 10.6 Å². The molecule has 0 fully saturated rings. The Morgan fingerprint density at radius 3 is 2.26 bits per heavy atom. The summed E-state index contributed by atoms with van der Waals surface area (Å²) >= 11 is 1.14. The maximum Gasteiger partial charge on any atom is 0.343 e. The van der Waals surface area contributed by atoms with Crippen molar-refractivity contribution in [3.8, 4) is 5.75 Å². The zero-order chi connectivity index (χ0) is 16.7. The van der Waals surface area contributed by atoms with Crippen molar-refractivity contribution in [2.45, 2.75) is 9.89 Å². The molecule has 0 aliphatic rings. The number of hydrogen-bond acceptors (Lipinski definition) is 4. The molecule has 0 heterocycles. The standard InChI is InChI=1S/C16H19O5PS/c1-20-11-12-21-14-7-9-15(10-8-14)23-16(22(17,18)19)13-5-3-2-4-6-13/h2-10,16H,11-12H2,1H3,(H2,17,18,19). The number of benzene rings is 2. The van der Waals surface area contributed by atoms with Crippen LogP contribution in [0.3, 0.4) is 0 Å². The predicted molar refractivity (Wildman–Crippen MR) is 90.9 cm³/mol. The second-order valence-electron chi connectivity index (χ2n) is 4.78. The Hall–Kier alpha value is -1.30. The molecule has 1 atom stereocenters. The van der Waals surface area contributed by atoms with Crippen molar-refractivity contribution in [3.63, 3.8) is 0 Å². The average Bonchev–Trinajstić information content (AvgIpc) is 2.54. The van der Waals surface area contributed by atoms with E-state index in [4.69, 9.17) is 9.47 Å². The second-order valence-corrected chi connectivity index (χ2v) is 8.01. The van der Waals surface area contributed by atoms with Crippen molar-refractivity contribution in [1.82, 2.24) is 0 Å². The third kappa shape index (κ3) is 5.68. The minimum Gasteiger partial charge on any atom is -0.491 e. The average molecular weight is 354 g/mol. The number of hydrogen-bond donors (Lipinski definition) is 2. The van der Waals surface area contributed by atoms with Gasteiger partial charge in [-0.25, -0.2) is 0 Å². The highest BCUT2D eigenvalue weighted by Gasteiger charge is 2.31. The Morgan fingerprint density at radius 2 is 1.70 bits per heavy atom. The summed E-state index contributed by atoms with van der Waals surface area (Å²) in [6, 6.07) is 15.9. The van der Waals surface area contributed by atoms with E-state index in [2.05, 4.69) is 0 Å². The first-order valence-corrected chi connectivity index (χ1v) is 9.55. The summed E-state index contributed by atoms with van der Waals surface area (Å²) in [5.74, 6) is 0.693. The van der Waals surface area contributed by atoms with Crippen LogP contribution in [0.4, 0.5) is 0 Å². The topological polar surface area (TPSA) is 76.0 Å². The van der Waals surface area contributed by atoms with Gasteiger partial charge >= 0.3 is 7.60 Å². The van der Waals surface area contributed by atoms with E-state index in [1.54, 1.807) is 55.6 Å². The zero-order valence-electron chi connectivity index (χ0n) is 12.7. The van der Waals surface area contributed by atoms with E-state index in [0.29, 0.717) is 24.5 Å². The Balaban J connectivity index is 2.10. The molecule has 0 saturated heterocycles. The van der Waals surface area contributed by atoms with Gasteiger partial charge in [0.1, 0.15) is 17.3 Å². The first kappa shape index (κ1) is 18.0. The maximum atomic E-state index is 11.8. The van der Waals surface area contributed by atoms with E-state index in [9.17, 15) is 14.4 Å². The molecular formula is C16H19O5PS. The highest BCUT2D eigenvalue weighted by atomic mass is 32.2. The quantitative estimate of drug-likeness (QED) is 0.428. The summed E-state index contributed by atoms with van der Waals surface area (Å²) in [6.07, 6.45) is 0. The summed E-state index contributed by atoms with van der Waals surface area (Å²) in [5, 5.41) is 0. The molecule has 0 aliphatic heterocycles. The van der Waals surface area contributed by atoms with Crippen LogP contribution in [0.2, 0.25) is 0 Å². The second kappa shape index (κ2) is 8.52. The fourth-order valence-corrected chi connectivity index (χ4v) is 4.25. The van der Waals surface area contributed by atoms with Gasteiger partial charge in [0.2, 0.25) is 0 Å². The molecule has 0 radical (unpaired) electrons. The molecule has 0 spiro atoms. The van der Waals surface area contributed by atoms with Crippen molar-refractivity contribution >= 4 is 19.4 Å². The van der Waals surface area contributed by atoms with Gasteiger partial charge < -0.3 is 19.3 Å². The predicted octanol–water partition coefficient (Wildman–Crippen LogP) is 3.68. The normalized spacial score (nSPS) is 12.8. The Bertz CT molecular complexity index is 641. The summed E-state index contributed by atoms with van der Waals surface area (Å²) < 4.78 is 22.2. The van der Waals surface area contributed by atoms with Crippen molar-refractivity contribution in [3.05, 3.63) is 60.2 Å². The molecule has 0 bridgehead atoms. The van der Waals surface area contributed by atoms with Crippen LogP contribution in [-0.4, -0.2) is 30.1 Å². The molecule has 0 saturated carbocycles. The van der Waals surface area contributed by atoms with Gasteiger partial charge in [-0.1, -0.05) is 30.3 Å². The van der Waals surface area contributed by atoms with E-state index in [0.717, 1.165) is 16.7 Å². The first-order valence-electron chi connectivity index (χ1n) is 6.99. The van der Waals surface area contributed by atoms with Crippen LogP contribution in [0.15, 0.2) is 59.5 Å². The van der Waals surface area contributed by atoms with Crippen LogP contribution in [0.25, 0.3) is 0 Å². The molecule has 0 aliphatic carbocycles. The van der Waals surface area contributed by atoms with E-state index >= 15 is 0 Å². The molecule has 7 heteroatoms. The Morgan fingerprint density at radius 1 is 1.04 bits per heavy atom.